The van der Waals surface area contributed by atoms with Crippen LogP contribution in [-0.4, -0.2) is 40.5 Å². The van der Waals surface area contributed by atoms with Crippen molar-refractivity contribution in [3.63, 3.8) is 0 Å². The van der Waals surface area contributed by atoms with Gasteiger partial charge in [0.15, 0.2) is 0 Å². The quantitative estimate of drug-likeness (QED) is 0.272. The Labute approximate surface area is 178 Å². The van der Waals surface area contributed by atoms with Crippen LogP contribution in [0, 0.1) is 6.92 Å². The fourth-order valence-corrected chi connectivity index (χ4v) is 3.48. The van der Waals surface area contributed by atoms with E-state index in [1.54, 1.807) is 36.3 Å². The molecule has 4 rings (SSSR count). The molecule has 0 aliphatic rings. The molecule has 0 aromatic carbocycles. The largest absolute Gasteiger partial charge is 0.383 e. The Balaban J connectivity index is 1.99. The van der Waals surface area contributed by atoms with Crippen LogP contribution < -0.4 is 21.2 Å². The van der Waals surface area contributed by atoms with Gasteiger partial charge in [0.25, 0.3) is 17.1 Å². The number of rotatable bonds is 6. The van der Waals surface area contributed by atoms with Gasteiger partial charge in [0.2, 0.25) is 11.5 Å². The van der Waals surface area contributed by atoms with E-state index >= 15 is 0 Å². The summed E-state index contributed by atoms with van der Waals surface area (Å²) >= 11 is 0. The second-order valence-electron chi connectivity index (χ2n) is 7.17. The zero-order valence-electron chi connectivity index (χ0n) is 17.3. The van der Waals surface area contributed by atoms with Crippen LogP contribution in [0.15, 0.2) is 53.7 Å². The van der Waals surface area contributed by atoms with E-state index in [-0.39, 0.29) is 22.8 Å². The van der Waals surface area contributed by atoms with Crippen molar-refractivity contribution < 1.29 is 14.1 Å². The number of anilines is 1. The normalized spacial score (nSPS) is 11.2. The molecular weight excluding hydrogens is 396 g/mol. The molecule has 0 bridgehead atoms. The number of nitrogen functional groups attached to an aromatic ring is 1. The predicted octanol–water partition coefficient (Wildman–Crippen LogP) is 0.845. The van der Waals surface area contributed by atoms with Gasteiger partial charge in [-0.25, -0.2) is 4.57 Å². The first-order chi connectivity index (χ1) is 15.0. The molecule has 0 aliphatic heterocycles. The van der Waals surface area contributed by atoms with E-state index in [4.69, 9.17) is 15.5 Å². The maximum Gasteiger partial charge on any atom is 0.278 e. The van der Waals surface area contributed by atoms with Crippen LogP contribution in [0.1, 0.15) is 21.5 Å². The van der Waals surface area contributed by atoms with E-state index in [9.17, 15) is 9.59 Å². The summed E-state index contributed by atoms with van der Waals surface area (Å²) < 4.78 is 8.17. The third kappa shape index (κ3) is 3.82. The molecule has 0 saturated heterocycles. The first kappa shape index (κ1) is 20.4. The van der Waals surface area contributed by atoms with Crippen LogP contribution in [-0.2, 0) is 11.3 Å². The molecule has 4 aromatic heterocycles. The van der Waals surface area contributed by atoms with Gasteiger partial charge in [-0.05, 0) is 36.8 Å². The molecule has 0 fully saturated rings. The molecule has 9 heteroatoms. The minimum Gasteiger partial charge on any atom is -0.383 e. The number of aryl methyl sites for hydroxylation is 1. The number of fused-ring (bicyclic) bond motifs is 2. The highest BCUT2D eigenvalue weighted by molar-refractivity contribution is 6.00. The molecule has 0 atom stereocenters. The molecule has 0 radical (unpaired) electrons. The van der Waals surface area contributed by atoms with E-state index in [0.29, 0.717) is 36.4 Å². The smallest absolute Gasteiger partial charge is 0.278 e. The molecule has 0 unspecified atom stereocenters. The van der Waals surface area contributed by atoms with Crippen LogP contribution in [0.5, 0.6) is 0 Å². The second-order valence-corrected chi connectivity index (χ2v) is 7.17. The number of aromatic nitrogens is 4. The Bertz CT molecular complexity index is 1330. The van der Waals surface area contributed by atoms with Gasteiger partial charge < -0.3 is 15.8 Å². The Kier molecular flexibility index (Phi) is 5.59. The number of pyridine rings is 3. The van der Waals surface area contributed by atoms with E-state index < -0.39 is 0 Å². The summed E-state index contributed by atoms with van der Waals surface area (Å²) in [6.07, 6.45) is 5.02. The molecule has 0 saturated carbocycles. The lowest BCUT2D eigenvalue weighted by atomic mass is 10.1. The third-order valence-electron chi connectivity index (χ3n) is 5.10. The fourth-order valence-electron chi connectivity index (χ4n) is 3.48. The highest BCUT2D eigenvalue weighted by Gasteiger charge is 2.24. The first-order valence-corrected chi connectivity index (χ1v) is 9.81. The van der Waals surface area contributed by atoms with Crippen molar-refractivity contribution in [3.05, 3.63) is 76.0 Å². The number of amides is 1. The Morgan fingerprint density at radius 1 is 1.29 bits per heavy atom. The lowest BCUT2D eigenvalue weighted by molar-refractivity contribution is -0.649. The van der Waals surface area contributed by atoms with Crippen molar-refractivity contribution in [2.75, 3.05) is 26.0 Å². The third-order valence-corrected chi connectivity index (χ3v) is 5.10. The summed E-state index contributed by atoms with van der Waals surface area (Å²) in [5, 5.41) is 3.07. The molecule has 158 valence electrons. The zero-order valence-corrected chi connectivity index (χ0v) is 17.3. The van der Waals surface area contributed by atoms with Crippen molar-refractivity contribution in [3.8, 4) is 0 Å². The first-order valence-electron chi connectivity index (χ1n) is 9.81. The van der Waals surface area contributed by atoms with E-state index in [0.717, 1.165) is 11.1 Å². The SMILES string of the molecule is COCCNC(=O)c1cc2c(=O)n3cccc(C)c3nc2[n+](Cc2ccncc2)c1N. The van der Waals surface area contributed by atoms with Gasteiger partial charge in [-0.2, -0.15) is 0 Å². The molecule has 31 heavy (non-hydrogen) atoms. The molecule has 9 nitrogen and oxygen atoms in total. The van der Waals surface area contributed by atoms with E-state index in [1.807, 2.05) is 25.1 Å². The number of nitrogens with zero attached hydrogens (tertiary/aromatic N) is 4. The average molecular weight is 419 g/mol. The van der Waals surface area contributed by atoms with Gasteiger partial charge in [-0.3, -0.25) is 19.0 Å². The average Bonchev–Trinajstić information content (AvgIpc) is 2.77. The van der Waals surface area contributed by atoms with Crippen LogP contribution in [0.25, 0.3) is 16.7 Å². The van der Waals surface area contributed by atoms with Crippen LogP contribution >= 0.6 is 0 Å². The monoisotopic (exact) mass is 419 g/mol. The highest BCUT2D eigenvalue weighted by Crippen LogP contribution is 2.16. The Morgan fingerprint density at radius 2 is 2.06 bits per heavy atom. The van der Waals surface area contributed by atoms with Crippen LogP contribution in [0.2, 0.25) is 0 Å². The van der Waals surface area contributed by atoms with Gasteiger partial charge in [0, 0.05) is 37.8 Å². The number of hydrogen-bond acceptors (Lipinski definition) is 6. The van der Waals surface area contributed by atoms with Crippen LogP contribution in [0.4, 0.5) is 5.82 Å². The second kappa shape index (κ2) is 8.49. The maximum absolute atomic E-state index is 13.3. The van der Waals surface area contributed by atoms with Crippen molar-refractivity contribution in [2.24, 2.45) is 0 Å². The summed E-state index contributed by atoms with van der Waals surface area (Å²) in [5.41, 5.74) is 9.12. The number of methoxy groups -OCH3 is 1. The molecule has 4 aromatic rings. The molecule has 0 spiro atoms. The van der Waals surface area contributed by atoms with Crippen molar-refractivity contribution >= 4 is 28.4 Å². The minimum absolute atomic E-state index is 0.212. The lowest BCUT2D eigenvalue weighted by Gasteiger charge is -2.13. The number of ether oxygens (including phenoxy) is 1. The highest BCUT2D eigenvalue weighted by atomic mass is 16.5. The number of carbonyl (C=O) groups excluding carboxylic acids is 1. The number of nitrogens with one attached hydrogen (secondary N) is 1. The Morgan fingerprint density at radius 3 is 2.81 bits per heavy atom. The summed E-state index contributed by atoms with van der Waals surface area (Å²) in [7, 11) is 1.55. The standard InChI is InChI=1S/C22H22N6O3/c1-14-4-3-10-27-19(14)26-20-17(22(27)30)12-16(21(29)25-9-11-31-2)18(23)28(20)13-15-5-7-24-8-6-15/h3-8,10,12,23H,9,11,13H2,1-2H3,(H,25,29)/p+1. The number of carbonyl (C=O) groups is 1. The predicted molar refractivity (Wildman–Crippen MR) is 116 cm³/mol. The number of nitrogens with two attached hydrogens (primary N) is 1. The molecular formula is C22H23N6O3+. The summed E-state index contributed by atoms with van der Waals surface area (Å²) in [6, 6.07) is 8.89. The topological polar surface area (TPSA) is 115 Å². The zero-order chi connectivity index (χ0) is 22.0. The fraction of sp³-hybridized carbons (Fsp3) is 0.227. The van der Waals surface area contributed by atoms with Crippen LogP contribution in [0.3, 0.4) is 0 Å². The van der Waals surface area contributed by atoms with E-state index in [1.165, 1.54) is 10.5 Å². The molecule has 0 aliphatic carbocycles. The molecule has 1 amide bonds. The molecule has 4 heterocycles. The van der Waals surface area contributed by atoms with Gasteiger partial charge in [-0.15, -0.1) is 0 Å². The summed E-state index contributed by atoms with van der Waals surface area (Å²) in [6.45, 7) is 2.91. The van der Waals surface area contributed by atoms with E-state index in [2.05, 4.69) is 10.3 Å². The van der Waals surface area contributed by atoms with Crippen molar-refractivity contribution in [1.82, 2.24) is 19.7 Å². The van der Waals surface area contributed by atoms with Gasteiger partial charge >= 0.3 is 0 Å². The lowest BCUT2D eigenvalue weighted by Crippen LogP contribution is -2.43. The van der Waals surface area contributed by atoms with Crippen molar-refractivity contribution in [1.29, 1.82) is 0 Å². The van der Waals surface area contributed by atoms with Gasteiger partial charge in [0.1, 0.15) is 10.9 Å². The summed E-state index contributed by atoms with van der Waals surface area (Å²) in [4.78, 5) is 34.9. The minimum atomic E-state index is -0.381. The van der Waals surface area contributed by atoms with Crippen molar-refractivity contribution in [2.45, 2.75) is 13.5 Å². The number of hydrogen-bond donors (Lipinski definition) is 2. The van der Waals surface area contributed by atoms with Gasteiger partial charge in [0.05, 0.1) is 13.2 Å². The maximum atomic E-state index is 13.3. The van der Waals surface area contributed by atoms with Gasteiger partial charge in [-0.1, -0.05) is 11.1 Å². The molecule has 3 N–H and O–H groups in total. The summed E-state index contributed by atoms with van der Waals surface area (Å²) in [5.74, 6) is -0.155. The Hall–Kier alpha value is -3.85.